The van der Waals surface area contributed by atoms with Crippen molar-refractivity contribution >= 4 is 11.4 Å². The quantitative estimate of drug-likeness (QED) is 0.820. The molecule has 0 spiro atoms. The van der Waals surface area contributed by atoms with Gasteiger partial charge in [-0.2, -0.15) is 0 Å². The number of fused-ring (bicyclic) bond motifs is 1. The van der Waals surface area contributed by atoms with Crippen molar-refractivity contribution in [2.75, 3.05) is 17.2 Å². The van der Waals surface area contributed by atoms with E-state index in [1.807, 2.05) is 6.07 Å². The highest BCUT2D eigenvalue weighted by molar-refractivity contribution is 5.59. The maximum atomic E-state index is 13.0. The van der Waals surface area contributed by atoms with Crippen molar-refractivity contribution in [3.63, 3.8) is 0 Å². The van der Waals surface area contributed by atoms with E-state index in [9.17, 15) is 4.39 Å². The van der Waals surface area contributed by atoms with Crippen LogP contribution in [-0.4, -0.2) is 6.54 Å². The van der Waals surface area contributed by atoms with Gasteiger partial charge < -0.3 is 10.6 Å². The lowest BCUT2D eigenvalue weighted by molar-refractivity contribution is 0.627. The second-order valence-electron chi connectivity index (χ2n) is 4.64. The number of para-hydroxylation sites is 1. The zero-order chi connectivity index (χ0) is 12.5. The van der Waals surface area contributed by atoms with Crippen LogP contribution in [0.1, 0.15) is 11.1 Å². The van der Waals surface area contributed by atoms with E-state index in [4.69, 9.17) is 5.73 Å². The van der Waals surface area contributed by atoms with Crippen molar-refractivity contribution in [2.45, 2.75) is 13.0 Å². The molecule has 0 saturated heterocycles. The van der Waals surface area contributed by atoms with E-state index in [1.54, 1.807) is 6.07 Å². The normalized spacial score (nSPS) is 13.7. The van der Waals surface area contributed by atoms with Gasteiger partial charge in [-0.3, -0.25) is 0 Å². The van der Waals surface area contributed by atoms with E-state index in [0.29, 0.717) is 5.69 Å². The molecule has 1 heterocycles. The van der Waals surface area contributed by atoms with E-state index in [2.05, 4.69) is 23.1 Å². The molecule has 0 amide bonds. The average molecular weight is 242 g/mol. The maximum Gasteiger partial charge on any atom is 0.125 e. The zero-order valence-corrected chi connectivity index (χ0v) is 10.1. The van der Waals surface area contributed by atoms with E-state index in [1.165, 1.54) is 23.4 Å². The molecule has 0 saturated carbocycles. The van der Waals surface area contributed by atoms with Gasteiger partial charge in [0.2, 0.25) is 0 Å². The molecule has 0 aliphatic carbocycles. The minimum atomic E-state index is -0.280. The minimum Gasteiger partial charge on any atom is -0.398 e. The van der Waals surface area contributed by atoms with E-state index < -0.39 is 0 Å². The summed E-state index contributed by atoms with van der Waals surface area (Å²) in [5, 5.41) is 0. The second-order valence-corrected chi connectivity index (χ2v) is 4.64. The van der Waals surface area contributed by atoms with Gasteiger partial charge in [-0.1, -0.05) is 24.3 Å². The Labute approximate surface area is 106 Å². The third-order valence-corrected chi connectivity index (χ3v) is 3.45. The van der Waals surface area contributed by atoms with Crippen LogP contribution >= 0.6 is 0 Å². The van der Waals surface area contributed by atoms with Gasteiger partial charge in [0.05, 0.1) is 0 Å². The Morgan fingerprint density at radius 3 is 2.83 bits per heavy atom. The van der Waals surface area contributed by atoms with Gasteiger partial charge in [-0.05, 0) is 35.7 Å². The van der Waals surface area contributed by atoms with Crippen molar-refractivity contribution in [2.24, 2.45) is 0 Å². The monoisotopic (exact) mass is 242 g/mol. The summed E-state index contributed by atoms with van der Waals surface area (Å²) in [4.78, 5) is 2.29. The van der Waals surface area contributed by atoms with Gasteiger partial charge in [0.25, 0.3) is 0 Å². The molecule has 3 rings (SSSR count). The summed E-state index contributed by atoms with van der Waals surface area (Å²) in [5.41, 5.74) is 10.00. The fourth-order valence-electron chi connectivity index (χ4n) is 2.49. The van der Waals surface area contributed by atoms with Crippen LogP contribution in [0, 0.1) is 5.82 Å². The highest BCUT2D eigenvalue weighted by Crippen LogP contribution is 2.29. The van der Waals surface area contributed by atoms with Gasteiger partial charge in [0, 0.05) is 24.5 Å². The van der Waals surface area contributed by atoms with Crippen molar-refractivity contribution in [1.29, 1.82) is 0 Å². The molecule has 0 bridgehead atoms. The van der Waals surface area contributed by atoms with Crippen LogP contribution < -0.4 is 10.6 Å². The molecule has 2 nitrogen and oxygen atoms in total. The van der Waals surface area contributed by atoms with Crippen LogP contribution in [-0.2, 0) is 13.0 Å². The summed E-state index contributed by atoms with van der Waals surface area (Å²) in [6.45, 7) is 1.74. The largest absolute Gasteiger partial charge is 0.398 e. The Morgan fingerprint density at radius 2 is 2.00 bits per heavy atom. The predicted molar refractivity (Wildman–Crippen MR) is 72.0 cm³/mol. The van der Waals surface area contributed by atoms with Crippen LogP contribution in [0.5, 0.6) is 0 Å². The fraction of sp³-hybridized carbons (Fsp3) is 0.200. The number of benzene rings is 2. The Balaban J connectivity index is 1.86. The van der Waals surface area contributed by atoms with Crippen LogP contribution in [0.3, 0.4) is 0 Å². The van der Waals surface area contributed by atoms with Crippen LogP contribution in [0.15, 0.2) is 42.5 Å². The molecule has 0 radical (unpaired) electrons. The summed E-state index contributed by atoms with van der Waals surface area (Å²) in [7, 11) is 0. The molecule has 0 fully saturated rings. The second kappa shape index (κ2) is 4.33. The number of nitrogens with two attached hydrogens (primary N) is 1. The van der Waals surface area contributed by atoms with Crippen molar-refractivity contribution in [3.05, 3.63) is 59.4 Å². The molecular formula is C15H15FN2. The first-order valence-corrected chi connectivity index (χ1v) is 6.11. The fourth-order valence-corrected chi connectivity index (χ4v) is 2.49. The Kier molecular flexibility index (Phi) is 2.67. The molecule has 1 aliphatic rings. The summed E-state index contributed by atoms with van der Waals surface area (Å²) in [6, 6.07) is 13.0. The number of nitrogen functional groups attached to an aromatic ring is 1. The van der Waals surface area contributed by atoms with Gasteiger partial charge in [-0.25, -0.2) is 4.39 Å². The molecule has 3 heteroatoms. The van der Waals surface area contributed by atoms with Crippen LogP contribution in [0.2, 0.25) is 0 Å². The molecule has 2 aromatic rings. The summed E-state index contributed by atoms with van der Waals surface area (Å²) in [6.07, 6.45) is 1.07. The smallest absolute Gasteiger partial charge is 0.125 e. The highest BCUT2D eigenvalue weighted by atomic mass is 19.1. The summed E-state index contributed by atoms with van der Waals surface area (Å²) in [5.74, 6) is -0.280. The van der Waals surface area contributed by atoms with Gasteiger partial charge in [-0.15, -0.1) is 0 Å². The van der Waals surface area contributed by atoms with Gasteiger partial charge in [0.1, 0.15) is 5.82 Å². The molecule has 2 aromatic carbocycles. The Hall–Kier alpha value is -2.03. The predicted octanol–water partition coefficient (Wildman–Crippen LogP) is 2.97. The van der Waals surface area contributed by atoms with Crippen molar-refractivity contribution in [3.8, 4) is 0 Å². The third-order valence-electron chi connectivity index (χ3n) is 3.45. The average Bonchev–Trinajstić information content (AvgIpc) is 2.76. The summed E-state index contributed by atoms with van der Waals surface area (Å²) >= 11 is 0. The number of rotatable bonds is 2. The van der Waals surface area contributed by atoms with Crippen LogP contribution in [0.25, 0.3) is 0 Å². The molecular weight excluding hydrogens is 227 g/mol. The molecule has 2 N–H and O–H groups in total. The number of anilines is 2. The van der Waals surface area contributed by atoms with E-state index in [-0.39, 0.29) is 5.82 Å². The minimum absolute atomic E-state index is 0.280. The zero-order valence-electron chi connectivity index (χ0n) is 10.1. The maximum absolute atomic E-state index is 13.0. The highest BCUT2D eigenvalue weighted by Gasteiger charge is 2.18. The summed E-state index contributed by atoms with van der Waals surface area (Å²) < 4.78 is 13.0. The third kappa shape index (κ3) is 1.92. The number of halogens is 1. The van der Waals surface area contributed by atoms with E-state index in [0.717, 1.165) is 25.1 Å². The lowest BCUT2D eigenvalue weighted by Crippen LogP contribution is -2.20. The molecule has 0 aromatic heterocycles. The van der Waals surface area contributed by atoms with Gasteiger partial charge >= 0.3 is 0 Å². The molecule has 1 aliphatic heterocycles. The first-order chi connectivity index (χ1) is 8.74. The molecule has 92 valence electrons. The Morgan fingerprint density at radius 1 is 1.17 bits per heavy atom. The Bertz CT molecular complexity index is 580. The first kappa shape index (κ1) is 11.1. The first-order valence-electron chi connectivity index (χ1n) is 6.11. The topological polar surface area (TPSA) is 29.3 Å². The van der Waals surface area contributed by atoms with Crippen molar-refractivity contribution < 1.29 is 4.39 Å². The SMILES string of the molecule is Nc1cc(F)ccc1CN1CCc2ccccc21. The van der Waals surface area contributed by atoms with Gasteiger partial charge in [0.15, 0.2) is 0 Å². The lowest BCUT2D eigenvalue weighted by atomic mass is 10.1. The lowest BCUT2D eigenvalue weighted by Gasteiger charge is -2.20. The van der Waals surface area contributed by atoms with Crippen LogP contribution in [0.4, 0.5) is 15.8 Å². The van der Waals surface area contributed by atoms with Crippen molar-refractivity contribution in [1.82, 2.24) is 0 Å². The number of hydrogen-bond acceptors (Lipinski definition) is 2. The number of nitrogens with zero attached hydrogens (tertiary/aromatic N) is 1. The number of hydrogen-bond donors (Lipinski definition) is 1. The van der Waals surface area contributed by atoms with E-state index >= 15 is 0 Å². The standard InChI is InChI=1S/C15H15FN2/c16-13-6-5-12(14(17)9-13)10-18-8-7-11-3-1-2-4-15(11)18/h1-6,9H,7-8,10,17H2. The molecule has 18 heavy (non-hydrogen) atoms. The molecule has 0 unspecified atom stereocenters. The molecule has 0 atom stereocenters.